The van der Waals surface area contributed by atoms with Gasteiger partial charge in [-0.05, 0) is 25.4 Å². The highest BCUT2D eigenvalue weighted by atomic mass is 32.1. The van der Waals surface area contributed by atoms with Crippen LogP contribution >= 0.6 is 11.3 Å². The number of hydrogen-bond donors (Lipinski definition) is 3. The van der Waals surface area contributed by atoms with Crippen LogP contribution in [-0.4, -0.2) is 48.1 Å². The van der Waals surface area contributed by atoms with E-state index in [0.29, 0.717) is 17.1 Å². The molecule has 18 heavy (non-hydrogen) atoms. The summed E-state index contributed by atoms with van der Waals surface area (Å²) in [5.41, 5.74) is 5.49. The minimum Gasteiger partial charge on any atom is -0.392 e. The Morgan fingerprint density at radius 2 is 2.28 bits per heavy atom. The Morgan fingerprint density at radius 3 is 2.83 bits per heavy atom. The number of likely N-dealkylation sites (N-methyl/N-ethyl adjacent to an activating group) is 1. The molecule has 2 amide bonds. The second kappa shape index (κ2) is 6.48. The van der Waals surface area contributed by atoms with Gasteiger partial charge in [-0.25, -0.2) is 0 Å². The van der Waals surface area contributed by atoms with Crippen molar-refractivity contribution < 1.29 is 14.7 Å². The number of aliphatic hydroxyl groups is 1. The predicted octanol–water partition coefficient (Wildman–Crippen LogP) is 0.0981. The van der Waals surface area contributed by atoms with Crippen molar-refractivity contribution in [3.05, 3.63) is 17.0 Å². The van der Waals surface area contributed by atoms with Crippen molar-refractivity contribution in [2.45, 2.75) is 13.0 Å². The molecule has 0 aliphatic carbocycles. The fraction of sp³-hybridized carbons (Fsp3) is 0.455. The van der Waals surface area contributed by atoms with E-state index in [1.54, 1.807) is 30.3 Å². The molecule has 1 heterocycles. The van der Waals surface area contributed by atoms with Crippen molar-refractivity contribution in [1.82, 2.24) is 4.90 Å². The number of primary amides is 1. The first kappa shape index (κ1) is 14.6. The Labute approximate surface area is 109 Å². The molecule has 0 saturated heterocycles. The fourth-order valence-electron chi connectivity index (χ4n) is 1.53. The monoisotopic (exact) mass is 271 g/mol. The molecular weight excluding hydrogens is 254 g/mol. The summed E-state index contributed by atoms with van der Waals surface area (Å²) in [5.74, 6) is -0.813. The predicted molar refractivity (Wildman–Crippen MR) is 70.6 cm³/mol. The van der Waals surface area contributed by atoms with Crippen LogP contribution in [0.5, 0.6) is 0 Å². The number of carbonyl (C=O) groups is 2. The van der Waals surface area contributed by atoms with Crippen molar-refractivity contribution in [1.29, 1.82) is 0 Å². The number of aliphatic hydroxyl groups excluding tert-OH is 1. The summed E-state index contributed by atoms with van der Waals surface area (Å²) in [6, 6.07) is 1.57. The zero-order valence-corrected chi connectivity index (χ0v) is 11.2. The highest BCUT2D eigenvalue weighted by Crippen LogP contribution is 2.22. The van der Waals surface area contributed by atoms with Crippen LogP contribution in [-0.2, 0) is 4.79 Å². The van der Waals surface area contributed by atoms with Crippen LogP contribution in [0.3, 0.4) is 0 Å². The molecule has 0 aromatic carbocycles. The maximum atomic E-state index is 11.7. The highest BCUT2D eigenvalue weighted by Gasteiger charge is 2.14. The number of nitrogens with two attached hydrogens (primary N) is 1. The van der Waals surface area contributed by atoms with Gasteiger partial charge in [-0.2, -0.15) is 0 Å². The Balaban J connectivity index is 2.54. The Morgan fingerprint density at radius 1 is 1.61 bits per heavy atom. The van der Waals surface area contributed by atoms with Crippen molar-refractivity contribution >= 4 is 28.2 Å². The Bertz CT molecular complexity index is 431. The van der Waals surface area contributed by atoms with Gasteiger partial charge in [0, 0.05) is 6.54 Å². The van der Waals surface area contributed by atoms with Crippen LogP contribution in [0.1, 0.15) is 17.3 Å². The molecule has 0 radical (unpaired) electrons. The van der Waals surface area contributed by atoms with E-state index in [9.17, 15) is 14.7 Å². The van der Waals surface area contributed by atoms with E-state index in [0.717, 1.165) is 0 Å². The first-order chi connectivity index (χ1) is 8.40. The van der Waals surface area contributed by atoms with Crippen LogP contribution in [0.4, 0.5) is 5.00 Å². The summed E-state index contributed by atoms with van der Waals surface area (Å²) in [6.45, 7) is 2.19. The molecule has 1 atom stereocenters. The zero-order chi connectivity index (χ0) is 13.7. The summed E-state index contributed by atoms with van der Waals surface area (Å²) < 4.78 is 0. The van der Waals surface area contributed by atoms with Gasteiger partial charge in [0.05, 0.1) is 18.2 Å². The van der Waals surface area contributed by atoms with Crippen LogP contribution in [0.15, 0.2) is 11.4 Å². The van der Waals surface area contributed by atoms with E-state index in [-0.39, 0.29) is 12.5 Å². The molecule has 1 aromatic rings. The van der Waals surface area contributed by atoms with Crippen LogP contribution in [0, 0.1) is 0 Å². The second-order valence-electron chi connectivity index (χ2n) is 4.12. The molecular formula is C11H17N3O3S. The lowest BCUT2D eigenvalue weighted by atomic mass is 10.3. The summed E-state index contributed by atoms with van der Waals surface area (Å²) in [5, 5.41) is 14.0. The van der Waals surface area contributed by atoms with E-state index in [4.69, 9.17) is 5.73 Å². The topological polar surface area (TPSA) is 95.7 Å². The number of hydrogen-bond acceptors (Lipinski definition) is 5. The van der Waals surface area contributed by atoms with Crippen molar-refractivity contribution in [3.8, 4) is 0 Å². The summed E-state index contributed by atoms with van der Waals surface area (Å²) in [4.78, 5) is 24.5. The molecule has 1 rings (SSSR count). The van der Waals surface area contributed by atoms with E-state index >= 15 is 0 Å². The number of anilines is 1. The van der Waals surface area contributed by atoms with Gasteiger partial charge in [-0.3, -0.25) is 14.5 Å². The first-order valence-corrected chi connectivity index (χ1v) is 6.32. The SMILES string of the molecule is CC(O)CN(C)CC(=O)Nc1sccc1C(N)=O. The maximum Gasteiger partial charge on any atom is 0.251 e. The Hall–Kier alpha value is -1.44. The molecule has 1 unspecified atom stereocenters. The average Bonchev–Trinajstić information content (AvgIpc) is 2.63. The minimum atomic E-state index is -0.566. The molecule has 4 N–H and O–H groups in total. The van der Waals surface area contributed by atoms with Gasteiger partial charge in [0.1, 0.15) is 5.00 Å². The van der Waals surface area contributed by atoms with Gasteiger partial charge in [-0.15, -0.1) is 11.3 Å². The highest BCUT2D eigenvalue weighted by molar-refractivity contribution is 7.14. The standard InChI is InChI=1S/C11H17N3O3S/c1-7(15)5-14(2)6-9(16)13-11-8(10(12)17)3-4-18-11/h3-4,7,15H,5-6H2,1-2H3,(H2,12,17)(H,13,16). The molecule has 1 aromatic heterocycles. The number of carbonyl (C=O) groups excluding carboxylic acids is 2. The van der Waals surface area contributed by atoms with Gasteiger partial charge >= 0.3 is 0 Å². The lowest BCUT2D eigenvalue weighted by Gasteiger charge is -2.17. The molecule has 0 fully saturated rings. The summed E-state index contributed by atoms with van der Waals surface area (Å²) >= 11 is 1.25. The number of nitrogens with zero attached hydrogens (tertiary/aromatic N) is 1. The van der Waals surface area contributed by atoms with Crippen molar-refractivity contribution in [2.75, 3.05) is 25.5 Å². The first-order valence-electron chi connectivity index (χ1n) is 5.44. The molecule has 0 bridgehead atoms. The van der Waals surface area contributed by atoms with Crippen molar-refractivity contribution in [2.24, 2.45) is 5.73 Å². The molecule has 7 heteroatoms. The number of amides is 2. The minimum absolute atomic E-state index is 0.140. The maximum absolute atomic E-state index is 11.7. The van der Waals surface area contributed by atoms with Crippen LogP contribution in [0.25, 0.3) is 0 Å². The number of rotatable bonds is 6. The fourth-order valence-corrected chi connectivity index (χ4v) is 2.34. The molecule has 0 spiro atoms. The van der Waals surface area contributed by atoms with Gasteiger partial charge in [0.25, 0.3) is 5.91 Å². The quantitative estimate of drug-likeness (QED) is 0.683. The van der Waals surface area contributed by atoms with Gasteiger partial charge in [0.2, 0.25) is 5.91 Å². The molecule has 0 saturated carbocycles. The average molecular weight is 271 g/mol. The molecule has 6 nitrogen and oxygen atoms in total. The summed E-state index contributed by atoms with van der Waals surface area (Å²) in [6.07, 6.45) is -0.495. The third kappa shape index (κ3) is 4.44. The van der Waals surface area contributed by atoms with Crippen molar-refractivity contribution in [3.63, 3.8) is 0 Å². The normalized spacial score (nSPS) is 12.4. The largest absolute Gasteiger partial charge is 0.392 e. The number of thiophene rings is 1. The van der Waals surface area contributed by atoms with Gasteiger partial charge < -0.3 is 16.2 Å². The second-order valence-corrected chi connectivity index (χ2v) is 5.04. The molecule has 100 valence electrons. The van der Waals surface area contributed by atoms with E-state index in [1.165, 1.54) is 11.3 Å². The molecule has 0 aliphatic rings. The third-order valence-corrected chi connectivity index (χ3v) is 3.00. The smallest absolute Gasteiger partial charge is 0.251 e. The van der Waals surface area contributed by atoms with Gasteiger partial charge in [0.15, 0.2) is 0 Å². The third-order valence-electron chi connectivity index (χ3n) is 2.17. The van der Waals surface area contributed by atoms with E-state index in [2.05, 4.69) is 5.32 Å². The Kier molecular flexibility index (Phi) is 5.26. The number of nitrogens with one attached hydrogen (secondary N) is 1. The van der Waals surface area contributed by atoms with E-state index in [1.807, 2.05) is 0 Å². The zero-order valence-electron chi connectivity index (χ0n) is 10.3. The lowest BCUT2D eigenvalue weighted by molar-refractivity contribution is -0.117. The van der Waals surface area contributed by atoms with Crippen LogP contribution < -0.4 is 11.1 Å². The van der Waals surface area contributed by atoms with Crippen LogP contribution in [0.2, 0.25) is 0 Å². The molecule has 0 aliphatic heterocycles. The van der Waals surface area contributed by atoms with Gasteiger partial charge in [-0.1, -0.05) is 0 Å². The van der Waals surface area contributed by atoms with E-state index < -0.39 is 12.0 Å². The summed E-state index contributed by atoms with van der Waals surface area (Å²) in [7, 11) is 1.73. The lowest BCUT2D eigenvalue weighted by Crippen LogP contribution is -2.34.